The summed E-state index contributed by atoms with van der Waals surface area (Å²) in [5.74, 6) is -0.202. The molecule has 0 spiro atoms. The van der Waals surface area contributed by atoms with Crippen molar-refractivity contribution in [2.24, 2.45) is 0 Å². The highest BCUT2D eigenvalue weighted by Crippen LogP contribution is 2.21. The second-order valence-corrected chi connectivity index (χ2v) is 7.60. The molecule has 3 rings (SSSR count). The van der Waals surface area contributed by atoms with E-state index in [1.807, 2.05) is 18.4 Å². The molecular formula is C18H18FN3O2S2. The van der Waals surface area contributed by atoms with Crippen LogP contribution in [0, 0.1) is 5.82 Å². The SMILES string of the molecule is CCn1c(SCC(=O)N(C)Cc2ccc(F)cc2)nc2ccsc2c1=O. The molecule has 0 N–H and O–H groups in total. The van der Waals surface area contributed by atoms with Crippen LogP contribution in [0.3, 0.4) is 0 Å². The van der Waals surface area contributed by atoms with Crippen LogP contribution in [0.15, 0.2) is 45.7 Å². The molecule has 0 unspecified atom stereocenters. The molecule has 0 bridgehead atoms. The molecule has 1 aromatic carbocycles. The zero-order valence-electron chi connectivity index (χ0n) is 14.4. The highest BCUT2D eigenvalue weighted by molar-refractivity contribution is 7.99. The summed E-state index contributed by atoms with van der Waals surface area (Å²) in [6.07, 6.45) is 0. The summed E-state index contributed by atoms with van der Waals surface area (Å²) in [4.78, 5) is 31.0. The van der Waals surface area contributed by atoms with E-state index in [1.165, 1.54) is 35.2 Å². The molecule has 0 saturated heterocycles. The monoisotopic (exact) mass is 391 g/mol. The number of rotatable bonds is 6. The van der Waals surface area contributed by atoms with E-state index >= 15 is 0 Å². The zero-order valence-corrected chi connectivity index (χ0v) is 16.1. The number of thioether (sulfide) groups is 1. The molecule has 0 atom stereocenters. The number of amides is 1. The van der Waals surface area contributed by atoms with Gasteiger partial charge in [0.15, 0.2) is 5.16 Å². The van der Waals surface area contributed by atoms with Crippen molar-refractivity contribution in [1.29, 1.82) is 0 Å². The second kappa shape index (κ2) is 8.01. The van der Waals surface area contributed by atoms with Gasteiger partial charge in [0.05, 0.1) is 11.3 Å². The summed E-state index contributed by atoms with van der Waals surface area (Å²) in [7, 11) is 1.70. The molecule has 8 heteroatoms. The van der Waals surface area contributed by atoms with Gasteiger partial charge in [0, 0.05) is 20.1 Å². The van der Waals surface area contributed by atoms with Crippen LogP contribution in [0.5, 0.6) is 0 Å². The molecule has 136 valence electrons. The first-order chi connectivity index (χ1) is 12.5. The average Bonchev–Trinajstić information content (AvgIpc) is 3.10. The number of hydrogen-bond acceptors (Lipinski definition) is 5. The van der Waals surface area contributed by atoms with Gasteiger partial charge in [0.2, 0.25) is 5.91 Å². The van der Waals surface area contributed by atoms with Gasteiger partial charge in [-0.05, 0) is 36.1 Å². The molecule has 0 aliphatic rings. The molecule has 26 heavy (non-hydrogen) atoms. The predicted molar refractivity (Wildman–Crippen MR) is 103 cm³/mol. The fourth-order valence-corrected chi connectivity index (χ4v) is 4.28. The van der Waals surface area contributed by atoms with E-state index in [-0.39, 0.29) is 23.0 Å². The average molecular weight is 391 g/mol. The van der Waals surface area contributed by atoms with Crippen LogP contribution in [-0.4, -0.2) is 33.2 Å². The molecule has 2 heterocycles. The largest absolute Gasteiger partial charge is 0.341 e. The lowest BCUT2D eigenvalue weighted by atomic mass is 10.2. The van der Waals surface area contributed by atoms with Crippen LogP contribution in [0.4, 0.5) is 4.39 Å². The molecule has 0 saturated carbocycles. The number of carbonyl (C=O) groups excluding carboxylic acids is 1. The van der Waals surface area contributed by atoms with E-state index < -0.39 is 0 Å². The molecule has 0 aliphatic carbocycles. The lowest BCUT2D eigenvalue weighted by Gasteiger charge is -2.17. The third-order valence-electron chi connectivity index (χ3n) is 3.93. The molecule has 1 amide bonds. The molecule has 0 aliphatic heterocycles. The Morgan fingerprint density at radius 3 is 2.73 bits per heavy atom. The maximum atomic E-state index is 13.0. The summed E-state index contributed by atoms with van der Waals surface area (Å²) < 4.78 is 15.2. The predicted octanol–water partition coefficient (Wildman–Crippen LogP) is 3.37. The number of carbonyl (C=O) groups is 1. The fraction of sp³-hybridized carbons (Fsp3) is 0.278. The van der Waals surface area contributed by atoms with Crippen molar-refractivity contribution in [3.63, 3.8) is 0 Å². The van der Waals surface area contributed by atoms with Gasteiger partial charge in [-0.1, -0.05) is 23.9 Å². The number of hydrogen-bond donors (Lipinski definition) is 0. The first-order valence-electron chi connectivity index (χ1n) is 8.09. The standard InChI is InChI=1S/C18H18FN3O2S2/c1-3-22-17(24)16-14(8-9-25-16)20-18(22)26-11-15(23)21(2)10-12-4-6-13(19)7-5-12/h4-9H,3,10-11H2,1-2H3. The van der Waals surface area contributed by atoms with Gasteiger partial charge in [-0.25, -0.2) is 9.37 Å². The lowest BCUT2D eigenvalue weighted by Crippen LogP contribution is -2.28. The number of benzene rings is 1. The van der Waals surface area contributed by atoms with Gasteiger partial charge in [-0.3, -0.25) is 14.2 Å². The highest BCUT2D eigenvalue weighted by atomic mass is 32.2. The first kappa shape index (κ1) is 18.6. The summed E-state index contributed by atoms with van der Waals surface area (Å²) in [5, 5.41) is 2.39. The van der Waals surface area contributed by atoms with Gasteiger partial charge >= 0.3 is 0 Å². The Balaban J connectivity index is 1.70. The summed E-state index contributed by atoms with van der Waals surface area (Å²) in [5.41, 5.74) is 1.46. The number of halogens is 1. The Hall–Kier alpha value is -2.19. The second-order valence-electron chi connectivity index (χ2n) is 5.74. The van der Waals surface area contributed by atoms with Crippen molar-refractivity contribution in [2.45, 2.75) is 25.2 Å². The summed E-state index contributed by atoms with van der Waals surface area (Å²) in [6.45, 7) is 2.79. The first-order valence-corrected chi connectivity index (χ1v) is 9.95. The third-order valence-corrected chi connectivity index (χ3v) is 5.78. The van der Waals surface area contributed by atoms with E-state index in [4.69, 9.17) is 0 Å². The number of nitrogens with zero attached hydrogens (tertiary/aromatic N) is 3. The van der Waals surface area contributed by atoms with Crippen LogP contribution in [0.1, 0.15) is 12.5 Å². The Labute approximate surface area is 158 Å². The van der Waals surface area contributed by atoms with Crippen molar-refractivity contribution < 1.29 is 9.18 Å². The molecule has 3 aromatic rings. The smallest absolute Gasteiger partial charge is 0.272 e. The third kappa shape index (κ3) is 3.96. The molecule has 0 fully saturated rings. The normalized spacial score (nSPS) is 11.0. The van der Waals surface area contributed by atoms with Crippen molar-refractivity contribution in [3.05, 3.63) is 57.4 Å². The minimum Gasteiger partial charge on any atom is -0.341 e. The van der Waals surface area contributed by atoms with E-state index in [1.54, 1.807) is 28.6 Å². The quantitative estimate of drug-likeness (QED) is 0.478. The Morgan fingerprint density at radius 2 is 2.04 bits per heavy atom. The van der Waals surface area contributed by atoms with Crippen LogP contribution in [0.2, 0.25) is 0 Å². The van der Waals surface area contributed by atoms with Gasteiger partial charge in [-0.15, -0.1) is 11.3 Å². The fourth-order valence-electron chi connectivity index (χ4n) is 2.50. The maximum Gasteiger partial charge on any atom is 0.272 e. The van der Waals surface area contributed by atoms with Gasteiger partial charge < -0.3 is 4.90 Å². The summed E-state index contributed by atoms with van der Waals surface area (Å²) >= 11 is 2.64. The lowest BCUT2D eigenvalue weighted by molar-refractivity contribution is -0.127. The molecular weight excluding hydrogens is 373 g/mol. The minimum atomic E-state index is -0.300. The maximum absolute atomic E-state index is 13.0. The van der Waals surface area contributed by atoms with Crippen LogP contribution in [0.25, 0.3) is 10.2 Å². The van der Waals surface area contributed by atoms with Crippen LogP contribution < -0.4 is 5.56 Å². The van der Waals surface area contributed by atoms with Crippen molar-refractivity contribution in [1.82, 2.24) is 14.5 Å². The Kier molecular flexibility index (Phi) is 5.73. The number of thiophene rings is 1. The Bertz CT molecular complexity index is 982. The van der Waals surface area contributed by atoms with Gasteiger partial charge in [0.1, 0.15) is 10.5 Å². The topological polar surface area (TPSA) is 55.2 Å². The van der Waals surface area contributed by atoms with E-state index in [2.05, 4.69) is 4.98 Å². The van der Waals surface area contributed by atoms with Gasteiger partial charge in [0.25, 0.3) is 5.56 Å². The molecule has 2 aromatic heterocycles. The Morgan fingerprint density at radius 1 is 1.31 bits per heavy atom. The van der Waals surface area contributed by atoms with Crippen molar-refractivity contribution >= 4 is 39.2 Å². The number of aromatic nitrogens is 2. The highest BCUT2D eigenvalue weighted by Gasteiger charge is 2.15. The number of fused-ring (bicyclic) bond motifs is 1. The van der Waals surface area contributed by atoms with E-state index in [0.717, 1.165) is 5.56 Å². The molecule has 0 radical (unpaired) electrons. The molecule has 5 nitrogen and oxygen atoms in total. The van der Waals surface area contributed by atoms with Crippen molar-refractivity contribution in [3.8, 4) is 0 Å². The van der Waals surface area contributed by atoms with E-state index in [9.17, 15) is 14.0 Å². The zero-order chi connectivity index (χ0) is 18.7. The van der Waals surface area contributed by atoms with E-state index in [0.29, 0.717) is 28.5 Å². The van der Waals surface area contributed by atoms with Crippen LogP contribution in [-0.2, 0) is 17.9 Å². The van der Waals surface area contributed by atoms with Crippen molar-refractivity contribution in [2.75, 3.05) is 12.8 Å². The summed E-state index contributed by atoms with van der Waals surface area (Å²) in [6, 6.07) is 7.89. The minimum absolute atomic E-state index is 0.0675. The van der Waals surface area contributed by atoms with Gasteiger partial charge in [-0.2, -0.15) is 0 Å². The van der Waals surface area contributed by atoms with Crippen LogP contribution >= 0.6 is 23.1 Å².